The van der Waals surface area contributed by atoms with Crippen molar-refractivity contribution in [1.29, 1.82) is 5.26 Å². The second-order valence-electron chi connectivity index (χ2n) is 3.78. The summed E-state index contributed by atoms with van der Waals surface area (Å²) in [5, 5.41) is 8.76. The van der Waals surface area contributed by atoms with Crippen LogP contribution in [0.2, 0.25) is 0 Å². The van der Waals surface area contributed by atoms with Crippen molar-refractivity contribution in [3.63, 3.8) is 0 Å². The van der Waals surface area contributed by atoms with Gasteiger partial charge in [0, 0.05) is 0 Å². The van der Waals surface area contributed by atoms with Gasteiger partial charge in [0.1, 0.15) is 11.4 Å². The Morgan fingerprint density at radius 2 is 2.43 bits per heavy atom. The lowest BCUT2D eigenvalue weighted by Gasteiger charge is -2.03. The van der Waals surface area contributed by atoms with Crippen LogP contribution < -0.4 is 0 Å². The highest BCUT2D eigenvalue weighted by atomic mass is 19.1. The molecule has 0 bridgehead atoms. The van der Waals surface area contributed by atoms with Crippen LogP contribution in [0.25, 0.3) is 0 Å². The largest absolute Gasteiger partial charge is 0.345 e. The highest BCUT2D eigenvalue weighted by molar-refractivity contribution is 5.44. The monoisotopic (exact) mass is 189 g/mol. The molecule has 2 atom stereocenters. The third-order valence-corrected chi connectivity index (χ3v) is 3.13. The Bertz CT molecular complexity index is 451. The first-order valence-electron chi connectivity index (χ1n) is 4.63. The van der Waals surface area contributed by atoms with Crippen LogP contribution in [0.15, 0.2) is 18.2 Å². The molecule has 1 heterocycles. The SMILES string of the molecule is N#CC1OC12CCc1c(F)cccc12. The number of fused-ring (bicyclic) bond motifs is 2. The van der Waals surface area contributed by atoms with Crippen LogP contribution in [-0.2, 0) is 16.8 Å². The molecule has 1 saturated heterocycles. The molecule has 3 rings (SSSR count). The van der Waals surface area contributed by atoms with E-state index >= 15 is 0 Å². The number of benzene rings is 1. The number of nitriles is 1. The summed E-state index contributed by atoms with van der Waals surface area (Å²) in [5.74, 6) is -0.174. The summed E-state index contributed by atoms with van der Waals surface area (Å²) in [6.45, 7) is 0. The van der Waals surface area contributed by atoms with Gasteiger partial charge in [0.25, 0.3) is 0 Å². The van der Waals surface area contributed by atoms with Crippen molar-refractivity contribution in [3.8, 4) is 6.07 Å². The molecule has 1 aliphatic heterocycles. The van der Waals surface area contributed by atoms with Crippen molar-refractivity contribution in [2.45, 2.75) is 24.5 Å². The molecule has 0 aromatic heterocycles. The van der Waals surface area contributed by atoms with Crippen molar-refractivity contribution in [2.24, 2.45) is 0 Å². The molecule has 70 valence electrons. The van der Waals surface area contributed by atoms with Gasteiger partial charge in [-0.15, -0.1) is 0 Å². The number of ether oxygens (including phenoxy) is 1. The smallest absolute Gasteiger partial charge is 0.178 e. The highest BCUT2D eigenvalue weighted by Crippen LogP contribution is 2.55. The molecule has 2 nitrogen and oxygen atoms in total. The number of epoxide rings is 1. The number of halogens is 1. The third kappa shape index (κ3) is 0.771. The van der Waals surface area contributed by atoms with E-state index in [1.54, 1.807) is 6.07 Å². The molecule has 0 saturated carbocycles. The molecule has 0 amide bonds. The third-order valence-electron chi connectivity index (χ3n) is 3.13. The Labute approximate surface area is 80.9 Å². The summed E-state index contributed by atoms with van der Waals surface area (Å²) in [6, 6.07) is 7.09. The summed E-state index contributed by atoms with van der Waals surface area (Å²) in [6.07, 6.45) is 1.05. The lowest BCUT2D eigenvalue weighted by Crippen LogP contribution is -2.06. The predicted molar refractivity (Wildman–Crippen MR) is 46.9 cm³/mol. The van der Waals surface area contributed by atoms with Crippen molar-refractivity contribution in [1.82, 2.24) is 0 Å². The molecular weight excluding hydrogens is 181 g/mol. The van der Waals surface area contributed by atoms with E-state index in [0.29, 0.717) is 6.42 Å². The lowest BCUT2D eigenvalue weighted by molar-refractivity contribution is 0.302. The van der Waals surface area contributed by atoms with Crippen LogP contribution in [-0.4, -0.2) is 6.10 Å². The molecule has 1 aliphatic carbocycles. The first-order valence-corrected chi connectivity index (χ1v) is 4.63. The van der Waals surface area contributed by atoms with Crippen molar-refractivity contribution < 1.29 is 9.13 Å². The topological polar surface area (TPSA) is 36.3 Å². The van der Waals surface area contributed by atoms with Crippen molar-refractivity contribution in [3.05, 3.63) is 35.1 Å². The van der Waals surface area contributed by atoms with Gasteiger partial charge in [-0.1, -0.05) is 12.1 Å². The minimum absolute atomic E-state index is 0.174. The normalized spacial score (nSPS) is 32.7. The van der Waals surface area contributed by atoms with Gasteiger partial charge in [-0.05, 0) is 30.0 Å². The maximum Gasteiger partial charge on any atom is 0.178 e. The molecule has 0 N–H and O–H groups in total. The molecular formula is C11H8FNO. The van der Waals surface area contributed by atoms with E-state index in [1.807, 2.05) is 6.07 Å². The van der Waals surface area contributed by atoms with Crippen LogP contribution >= 0.6 is 0 Å². The second-order valence-corrected chi connectivity index (χ2v) is 3.78. The number of rotatable bonds is 0. The average Bonchev–Trinajstić information content (AvgIpc) is 2.77. The summed E-state index contributed by atoms with van der Waals surface area (Å²) < 4.78 is 18.7. The highest BCUT2D eigenvalue weighted by Gasteiger charge is 2.61. The average molecular weight is 189 g/mol. The number of hydrogen-bond donors (Lipinski definition) is 0. The maximum atomic E-state index is 13.4. The van der Waals surface area contributed by atoms with Crippen LogP contribution in [0.4, 0.5) is 4.39 Å². The van der Waals surface area contributed by atoms with E-state index in [2.05, 4.69) is 6.07 Å². The van der Waals surface area contributed by atoms with Crippen LogP contribution in [0.1, 0.15) is 17.5 Å². The van der Waals surface area contributed by atoms with Crippen molar-refractivity contribution in [2.75, 3.05) is 0 Å². The molecule has 14 heavy (non-hydrogen) atoms. The maximum absolute atomic E-state index is 13.4. The van der Waals surface area contributed by atoms with E-state index in [-0.39, 0.29) is 11.9 Å². The van der Waals surface area contributed by atoms with Gasteiger partial charge < -0.3 is 4.74 Å². The van der Waals surface area contributed by atoms with E-state index in [4.69, 9.17) is 10.00 Å². The van der Waals surface area contributed by atoms with Gasteiger partial charge in [0.15, 0.2) is 6.10 Å². The van der Waals surface area contributed by atoms with Crippen LogP contribution in [0, 0.1) is 17.1 Å². The fourth-order valence-corrected chi connectivity index (χ4v) is 2.36. The molecule has 1 aromatic carbocycles. The zero-order valence-corrected chi connectivity index (χ0v) is 7.46. The summed E-state index contributed by atoms with van der Waals surface area (Å²) in [5.41, 5.74) is 1.14. The van der Waals surface area contributed by atoms with Gasteiger partial charge in [-0.2, -0.15) is 5.26 Å². The zero-order valence-electron chi connectivity index (χ0n) is 7.46. The molecule has 1 aromatic rings. The first kappa shape index (κ1) is 7.95. The molecule has 2 unspecified atom stereocenters. The lowest BCUT2D eigenvalue weighted by atomic mass is 9.98. The van der Waals surface area contributed by atoms with Gasteiger partial charge in [0.2, 0.25) is 0 Å². The molecule has 1 spiro atoms. The summed E-state index contributed by atoms with van der Waals surface area (Å²) >= 11 is 0. The molecule has 2 aliphatic rings. The van der Waals surface area contributed by atoms with Gasteiger partial charge >= 0.3 is 0 Å². The minimum atomic E-state index is -0.466. The van der Waals surface area contributed by atoms with E-state index in [1.165, 1.54) is 6.07 Å². The Balaban J connectivity index is 2.14. The quantitative estimate of drug-likeness (QED) is 0.584. The van der Waals surface area contributed by atoms with Gasteiger partial charge in [0.05, 0.1) is 6.07 Å². The molecule has 3 heteroatoms. The minimum Gasteiger partial charge on any atom is -0.345 e. The Hall–Kier alpha value is -1.40. The Kier molecular flexibility index (Phi) is 1.33. The Morgan fingerprint density at radius 3 is 3.14 bits per heavy atom. The van der Waals surface area contributed by atoms with E-state index < -0.39 is 5.60 Å². The standard InChI is InChI=1S/C11H8FNO/c12-9-3-1-2-8-7(9)4-5-11(8)10(6-13)14-11/h1-3,10H,4-5H2. The first-order chi connectivity index (χ1) is 6.78. The van der Waals surface area contributed by atoms with Gasteiger partial charge in [-0.3, -0.25) is 0 Å². The van der Waals surface area contributed by atoms with E-state index in [0.717, 1.165) is 17.5 Å². The second kappa shape index (κ2) is 2.34. The van der Waals surface area contributed by atoms with Crippen molar-refractivity contribution >= 4 is 0 Å². The zero-order chi connectivity index (χ0) is 9.76. The summed E-state index contributed by atoms with van der Waals surface area (Å²) in [7, 11) is 0. The fourth-order valence-electron chi connectivity index (χ4n) is 2.36. The summed E-state index contributed by atoms with van der Waals surface area (Å²) in [4.78, 5) is 0. The van der Waals surface area contributed by atoms with Gasteiger partial charge in [-0.25, -0.2) is 4.39 Å². The number of hydrogen-bond acceptors (Lipinski definition) is 2. The van der Waals surface area contributed by atoms with Crippen LogP contribution in [0.3, 0.4) is 0 Å². The molecule has 0 radical (unpaired) electrons. The van der Waals surface area contributed by atoms with Crippen LogP contribution in [0.5, 0.6) is 0 Å². The molecule has 1 fully saturated rings. The number of nitrogens with zero attached hydrogens (tertiary/aromatic N) is 1. The predicted octanol–water partition coefficient (Wildman–Crippen LogP) is 1.89. The fraction of sp³-hybridized carbons (Fsp3) is 0.364. The van der Waals surface area contributed by atoms with E-state index in [9.17, 15) is 4.39 Å². The Morgan fingerprint density at radius 1 is 1.57 bits per heavy atom.